The predicted octanol–water partition coefficient (Wildman–Crippen LogP) is 1.86. The molecule has 0 aliphatic carbocycles. The molecule has 1 amide bonds. The van der Waals surface area contributed by atoms with Gasteiger partial charge in [0.05, 0.1) is 5.92 Å². The fourth-order valence-electron chi connectivity index (χ4n) is 2.65. The highest BCUT2D eigenvalue weighted by Gasteiger charge is 2.28. The van der Waals surface area contributed by atoms with Gasteiger partial charge in [-0.05, 0) is 38.4 Å². The summed E-state index contributed by atoms with van der Waals surface area (Å²) in [5, 5.41) is 3.19. The summed E-state index contributed by atoms with van der Waals surface area (Å²) < 4.78 is 0. The van der Waals surface area contributed by atoms with Crippen molar-refractivity contribution in [3.63, 3.8) is 0 Å². The first-order chi connectivity index (χ1) is 8.72. The van der Waals surface area contributed by atoms with Crippen LogP contribution < -0.4 is 5.32 Å². The molecular weight excluding hydrogens is 224 g/mol. The zero-order valence-electron chi connectivity index (χ0n) is 11.2. The van der Waals surface area contributed by atoms with Crippen molar-refractivity contribution in [2.24, 2.45) is 5.92 Å². The Labute approximate surface area is 109 Å². The highest BCUT2D eigenvalue weighted by molar-refractivity contribution is 5.83. The molecule has 1 aliphatic heterocycles. The highest BCUT2D eigenvalue weighted by atomic mass is 16.2. The molecule has 3 nitrogen and oxygen atoms in total. The van der Waals surface area contributed by atoms with Gasteiger partial charge in [0.2, 0.25) is 5.91 Å². The van der Waals surface area contributed by atoms with Gasteiger partial charge >= 0.3 is 0 Å². The molecule has 2 atom stereocenters. The van der Waals surface area contributed by atoms with Gasteiger partial charge in [0.15, 0.2) is 0 Å². The van der Waals surface area contributed by atoms with Crippen LogP contribution in [0.5, 0.6) is 0 Å². The Morgan fingerprint density at radius 3 is 2.83 bits per heavy atom. The zero-order chi connectivity index (χ0) is 13.0. The van der Waals surface area contributed by atoms with Crippen molar-refractivity contribution in [2.75, 3.05) is 26.7 Å². The van der Waals surface area contributed by atoms with Gasteiger partial charge in [0.25, 0.3) is 0 Å². The fourth-order valence-corrected chi connectivity index (χ4v) is 2.65. The first-order valence-corrected chi connectivity index (χ1v) is 6.70. The molecule has 0 aromatic heterocycles. The van der Waals surface area contributed by atoms with Crippen LogP contribution in [0.15, 0.2) is 30.3 Å². The Balaban J connectivity index is 1.96. The molecule has 2 unspecified atom stereocenters. The molecule has 1 heterocycles. The summed E-state index contributed by atoms with van der Waals surface area (Å²) >= 11 is 0. The van der Waals surface area contributed by atoms with Gasteiger partial charge in [-0.25, -0.2) is 0 Å². The van der Waals surface area contributed by atoms with E-state index in [1.165, 1.54) is 0 Å². The third-order valence-electron chi connectivity index (χ3n) is 3.76. The monoisotopic (exact) mass is 246 g/mol. The van der Waals surface area contributed by atoms with E-state index in [0.29, 0.717) is 5.92 Å². The minimum atomic E-state index is -0.0282. The largest absolute Gasteiger partial charge is 0.342 e. The summed E-state index contributed by atoms with van der Waals surface area (Å²) in [6, 6.07) is 10.0. The molecule has 1 aromatic carbocycles. The summed E-state index contributed by atoms with van der Waals surface area (Å²) in [6.45, 7) is 4.81. The van der Waals surface area contributed by atoms with Gasteiger partial charge in [0.1, 0.15) is 0 Å². The van der Waals surface area contributed by atoms with Crippen molar-refractivity contribution >= 4 is 5.91 Å². The van der Waals surface area contributed by atoms with Gasteiger partial charge in [-0.2, -0.15) is 0 Å². The molecule has 1 aliphatic rings. The van der Waals surface area contributed by atoms with Crippen molar-refractivity contribution in [1.82, 2.24) is 10.2 Å². The Kier molecular flexibility index (Phi) is 4.37. The van der Waals surface area contributed by atoms with Gasteiger partial charge < -0.3 is 10.2 Å². The number of hydrogen-bond acceptors (Lipinski definition) is 2. The highest BCUT2D eigenvalue weighted by Crippen LogP contribution is 2.22. The van der Waals surface area contributed by atoms with Gasteiger partial charge in [-0.15, -0.1) is 0 Å². The molecule has 1 N–H and O–H groups in total. The van der Waals surface area contributed by atoms with E-state index in [1.807, 2.05) is 49.2 Å². The Bertz CT molecular complexity index is 391. The summed E-state index contributed by atoms with van der Waals surface area (Å²) in [7, 11) is 1.97. The van der Waals surface area contributed by atoms with E-state index in [-0.39, 0.29) is 11.8 Å². The van der Waals surface area contributed by atoms with Crippen LogP contribution in [0.25, 0.3) is 0 Å². The zero-order valence-corrected chi connectivity index (χ0v) is 11.2. The minimum Gasteiger partial charge on any atom is -0.342 e. The summed E-state index contributed by atoms with van der Waals surface area (Å²) in [6.07, 6.45) is 1.12. The summed E-state index contributed by atoms with van der Waals surface area (Å²) in [5.41, 5.74) is 1.11. The van der Waals surface area contributed by atoms with Gasteiger partial charge in [0, 0.05) is 13.1 Å². The third-order valence-corrected chi connectivity index (χ3v) is 3.76. The molecule has 1 fully saturated rings. The smallest absolute Gasteiger partial charge is 0.229 e. The Morgan fingerprint density at radius 2 is 2.17 bits per heavy atom. The number of amides is 1. The van der Waals surface area contributed by atoms with Gasteiger partial charge in [-0.1, -0.05) is 30.3 Å². The standard InChI is InChI=1S/C15H22N2O/c1-12(14-6-4-3-5-7-14)15(18)17-9-8-13(11-17)10-16-2/h3-7,12-13,16H,8-11H2,1-2H3. The number of carbonyl (C=O) groups excluding carboxylic acids is 1. The average Bonchev–Trinajstić information content (AvgIpc) is 2.87. The minimum absolute atomic E-state index is 0.0282. The van der Waals surface area contributed by atoms with E-state index in [9.17, 15) is 4.79 Å². The average molecular weight is 246 g/mol. The van der Waals surface area contributed by atoms with Crippen molar-refractivity contribution in [1.29, 1.82) is 0 Å². The molecule has 1 saturated heterocycles. The molecular formula is C15H22N2O. The molecule has 0 radical (unpaired) electrons. The number of benzene rings is 1. The number of rotatable bonds is 4. The number of hydrogen-bond donors (Lipinski definition) is 1. The number of likely N-dealkylation sites (tertiary alicyclic amines) is 1. The molecule has 0 spiro atoms. The van der Waals surface area contributed by atoms with E-state index < -0.39 is 0 Å². The van der Waals surface area contributed by atoms with Crippen molar-refractivity contribution in [3.05, 3.63) is 35.9 Å². The molecule has 0 bridgehead atoms. The third kappa shape index (κ3) is 2.91. The number of carbonyl (C=O) groups is 1. The summed E-state index contributed by atoms with van der Waals surface area (Å²) in [4.78, 5) is 14.4. The lowest BCUT2D eigenvalue weighted by Crippen LogP contribution is -2.33. The topological polar surface area (TPSA) is 32.3 Å². The normalized spacial score (nSPS) is 21.0. The second kappa shape index (κ2) is 6.01. The van der Waals surface area contributed by atoms with Crippen LogP contribution in [0, 0.1) is 5.92 Å². The van der Waals surface area contributed by atoms with E-state index >= 15 is 0 Å². The first-order valence-electron chi connectivity index (χ1n) is 6.70. The van der Waals surface area contributed by atoms with Crippen molar-refractivity contribution in [2.45, 2.75) is 19.3 Å². The van der Waals surface area contributed by atoms with E-state index in [0.717, 1.165) is 31.6 Å². The van der Waals surface area contributed by atoms with Crippen LogP contribution in [0.4, 0.5) is 0 Å². The van der Waals surface area contributed by atoms with Crippen LogP contribution in [-0.4, -0.2) is 37.5 Å². The summed E-state index contributed by atoms with van der Waals surface area (Å²) in [5.74, 6) is 0.848. The maximum absolute atomic E-state index is 12.4. The number of nitrogens with one attached hydrogen (secondary N) is 1. The molecule has 98 valence electrons. The molecule has 0 saturated carbocycles. The van der Waals surface area contributed by atoms with Crippen LogP contribution in [-0.2, 0) is 4.79 Å². The van der Waals surface area contributed by atoms with Crippen LogP contribution in [0.1, 0.15) is 24.8 Å². The Hall–Kier alpha value is -1.35. The van der Waals surface area contributed by atoms with Gasteiger partial charge in [-0.3, -0.25) is 4.79 Å². The van der Waals surface area contributed by atoms with Crippen LogP contribution in [0.2, 0.25) is 0 Å². The van der Waals surface area contributed by atoms with Crippen LogP contribution in [0.3, 0.4) is 0 Å². The first kappa shape index (κ1) is 13.1. The van der Waals surface area contributed by atoms with E-state index in [2.05, 4.69) is 5.32 Å². The molecule has 1 aromatic rings. The second-order valence-corrected chi connectivity index (χ2v) is 5.13. The quantitative estimate of drug-likeness (QED) is 0.879. The van der Waals surface area contributed by atoms with E-state index in [1.54, 1.807) is 0 Å². The number of nitrogens with zero attached hydrogens (tertiary/aromatic N) is 1. The fraction of sp³-hybridized carbons (Fsp3) is 0.533. The molecule has 3 heteroatoms. The predicted molar refractivity (Wildman–Crippen MR) is 73.5 cm³/mol. The lowest BCUT2D eigenvalue weighted by atomic mass is 10.00. The molecule has 18 heavy (non-hydrogen) atoms. The van der Waals surface area contributed by atoms with E-state index in [4.69, 9.17) is 0 Å². The second-order valence-electron chi connectivity index (χ2n) is 5.13. The lowest BCUT2D eigenvalue weighted by molar-refractivity contribution is -0.131. The maximum Gasteiger partial charge on any atom is 0.229 e. The van der Waals surface area contributed by atoms with Crippen LogP contribution >= 0.6 is 0 Å². The maximum atomic E-state index is 12.4. The van der Waals surface area contributed by atoms with Crippen molar-refractivity contribution in [3.8, 4) is 0 Å². The lowest BCUT2D eigenvalue weighted by Gasteiger charge is -2.21. The SMILES string of the molecule is CNCC1CCN(C(=O)C(C)c2ccccc2)C1. The van der Waals surface area contributed by atoms with Crippen molar-refractivity contribution < 1.29 is 4.79 Å². The Morgan fingerprint density at radius 1 is 1.44 bits per heavy atom. The molecule has 2 rings (SSSR count).